The highest BCUT2D eigenvalue weighted by Crippen LogP contribution is 2.33. The molecule has 1 aromatic rings. The molecule has 0 radical (unpaired) electrons. The molecule has 2 rings (SSSR count). The molecule has 1 aliphatic heterocycles. The summed E-state index contributed by atoms with van der Waals surface area (Å²) in [5.41, 5.74) is 3.82. The van der Waals surface area contributed by atoms with Gasteiger partial charge in [0.25, 0.3) is 0 Å². The molecule has 0 unspecified atom stereocenters. The molecule has 2 N–H and O–H groups in total. The number of aromatic carboxylic acids is 1. The first-order valence-electron chi connectivity index (χ1n) is 7.17. The molecule has 4 nitrogen and oxygen atoms in total. The molecule has 0 bridgehead atoms. The van der Waals surface area contributed by atoms with Gasteiger partial charge in [-0.25, -0.2) is 4.79 Å². The third-order valence-electron chi connectivity index (χ3n) is 3.42. The Labute approximate surface area is 125 Å². The molecular weight excluding hydrogens is 266 g/mol. The molecule has 1 aliphatic rings. The minimum atomic E-state index is -0.922. The van der Waals surface area contributed by atoms with Crippen LogP contribution in [0.15, 0.2) is 30.4 Å². The van der Waals surface area contributed by atoms with Crippen LogP contribution in [0.2, 0.25) is 0 Å². The molecular formula is C17H21NO3. The molecule has 21 heavy (non-hydrogen) atoms. The summed E-state index contributed by atoms with van der Waals surface area (Å²) < 4.78 is 5.65. The van der Waals surface area contributed by atoms with Crippen LogP contribution in [0.5, 0.6) is 0 Å². The van der Waals surface area contributed by atoms with E-state index in [9.17, 15) is 9.90 Å². The lowest BCUT2D eigenvalue weighted by Crippen LogP contribution is -2.08. The van der Waals surface area contributed by atoms with Gasteiger partial charge in [0.1, 0.15) is 12.4 Å². The number of hydrogen-bond donors (Lipinski definition) is 2. The first-order chi connectivity index (χ1) is 10.0. The smallest absolute Gasteiger partial charge is 0.335 e. The van der Waals surface area contributed by atoms with Gasteiger partial charge < -0.3 is 15.2 Å². The van der Waals surface area contributed by atoms with Crippen LogP contribution in [0.4, 0.5) is 5.69 Å². The Morgan fingerprint density at radius 1 is 1.48 bits per heavy atom. The van der Waals surface area contributed by atoms with Gasteiger partial charge in [-0.3, -0.25) is 0 Å². The molecule has 0 amide bonds. The minimum Gasteiger partial charge on any atom is -0.488 e. The van der Waals surface area contributed by atoms with E-state index in [2.05, 4.69) is 18.8 Å². The van der Waals surface area contributed by atoms with Crippen molar-refractivity contribution < 1.29 is 14.6 Å². The lowest BCUT2D eigenvalue weighted by atomic mass is 10.00. The van der Waals surface area contributed by atoms with E-state index in [1.54, 1.807) is 12.1 Å². The van der Waals surface area contributed by atoms with Gasteiger partial charge in [-0.15, -0.1) is 0 Å². The Balaban J connectivity index is 2.43. The number of nitrogens with one attached hydrogen (secondary N) is 1. The van der Waals surface area contributed by atoms with Gasteiger partial charge in [0.2, 0.25) is 0 Å². The number of benzene rings is 1. The SMILES string of the molecule is C=C1C=C(c2c(C)cc(C(=O)O)cc2NCCCC)OC1. The van der Waals surface area contributed by atoms with E-state index in [1.807, 2.05) is 13.0 Å². The number of carbonyl (C=O) groups is 1. The average Bonchev–Trinajstić information content (AvgIpc) is 2.84. The van der Waals surface area contributed by atoms with E-state index < -0.39 is 5.97 Å². The number of anilines is 1. The number of hydrogen-bond acceptors (Lipinski definition) is 3. The monoisotopic (exact) mass is 287 g/mol. The minimum absolute atomic E-state index is 0.285. The molecule has 0 aliphatic carbocycles. The summed E-state index contributed by atoms with van der Waals surface area (Å²) in [6.45, 7) is 9.21. The van der Waals surface area contributed by atoms with Gasteiger partial charge in [0, 0.05) is 17.8 Å². The van der Waals surface area contributed by atoms with Crippen molar-refractivity contribution in [3.8, 4) is 0 Å². The second-order valence-electron chi connectivity index (χ2n) is 5.26. The Morgan fingerprint density at radius 2 is 2.24 bits per heavy atom. The summed E-state index contributed by atoms with van der Waals surface area (Å²) in [5.74, 6) is -0.164. The summed E-state index contributed by atoms with van der Waals surface area (Å²) in [5, 5.41) is 12.5. The number of carboxylic acids is 1. The second kappa shape index (κ2) is 6.48. The van der Waals surface area contributed by atoms with Crippen molar-refractivity contribution in [3.63, 3.8) is 0 Å². The van der Waals surface area contributed by atoms with Crippen molar-refractivity contribution >= 4 is 17.4 Å². The van der Waals surface area contributed by atoms with E-state index in [0.717, 1.165) is 47.5 Å². The first-order valence-corrected chi connectivity index (χ1v) is 7.17. The number of unbranched alkanes of at least 4 members (excludes halogenated alkanes) is 1. The van der Waals surface area contributed by atoms with Gasteiger partial charge >= 0.3 is 5.97 Å². The highest BCUT2D eigenvalue weighted by molar-refractivity contribution is 5.91. The molecule has 4 heteroatoms. The Bertz CT molecular complexity index is 602. The van der Waals surface area contributed by atoms with Crippen molar-refractivity contribution in [3.05, 3.63) is 47.1 Å². The van der Waals surface area contributed by atoms with Gasteiger partial charge in [0.05, 0.1) is 5.56 Å². The van der Waals surface area contributed by atoms with Gasteiger partial charge in [-0.2, -0.15) is 0 Å². The maximum Gasteiger partial charge on any atom is 0.335 e. The fourth-order valence-electron chi connectivity index (χ4n) is 2.36. The van der Waals surface area contributed by atoms with Gasteiger partial charge in [0.15, 0.2) is 0 Å². The van der Waals surface area contributed by atoms with Crippen molar-refractivity contribution in [2.75, 3.05) is 18.5 Å². The largest absolute Gasteiger partial charge is 0.488 e. The van der Waals surface area contributed by atoms with Crippen LogP contribution in [-0.4, -0.2) is 24.2 Å². The molecule has 0 saturated heterocycles. The van der Waals surface area contributed by atoms with E-state index in [-0.39, 0.29) is 5.56 Å². The first kappa shape index (κ1) is 15.2. The predicted octanol–water partition coefficient (Wildman–Crippen LogP) is 3.83. The molecule has 0 spiro atoms. The number of aryl methyl sites for hydroxylation is 1. The van der Waals surface area contributed by atoms with Crippen LogP contribution < -0.4 is 5.32 Å². The molecule has 1 heterocycles. The summed E-state index contributed by atoms with van der Waals surface area (Å²) in [6.07, 6.45) is 4.02. The van der Waals surface area contributed by atoms with Gasteiger partial charge in [-0.05, 0) is 42.7 Å². The highest BCUT2D eigenvalue weighted by atomic mass is 16.5. The number of carboxylic acid groups (broad SMARTS) is 1. The fourth-order valence-corrected chi connectivity index (χ4v) is 2.36. The maximum absolute atomic E-state index is 11.2. The van der Waals surface area contributed by atoms with Crippen molar-refractivity contribution in [2.24, 2.45) is 0 Å². The standard InChI is InChI=1S/C17H21NO3/c1-4-5-6-18-14-9-13(17(19)20)8-12(3)16(14)15-7-11(2)10-21-15/h7-9,18H,2,4-6,10H2,1,3H3,(H,19,20). The predicted molar refractivity (Wildman–Crippen MR) is 84.6 cm³/mol. The van der Waals surface area contributed by atoms with Crippen molar-refractivity contribution in [2.45, 2.75) is 26.7 Å². The zero-order chi connectivity index (χ0) is 15.4. The van der Waals surface area contributed by atoms with Gasteiger partial charge in [-0.1, -0.05) is 19.9 Å². The summed E-state index contributed by atoms with van der Waals surface area (Å²) in [4.78, 5) is 11.2. The van der Waals surface area contributed by atoms with Crippen LogP contribution >= 0.6 is 0 Å². The quantitative estimate of drug-likeness (QED) is 0.781. The molecule has 0 saturated carbocycles. The number of ether oxygens (including phenoxy) is 1. The zero-order valence-corrected chi connectivity index (χ0v) is 12.5. The topological polar surface area (TPSA) is 58.6 Å². The van der Waals surface area contributed by atoms with Crippen molar-refractivity contribution in [1.29, 1.82) is 0 Å². The number of rotatable bonds is 6. The van der Waals surface area contributed by atoms with E-state index in [4.69, 9.17) is 4.74 Å². The van der Waals surface area contributed by atoms with E-state index >= 15 is 0 Å². The van der Waals surface area contributed by atoms with Crippen LogP contribution in [-0.2, 0) is 4.74 Å². The summed E-state index contributed by atoms with van der Waals surface area (Å²) in [6, 6.07) is 3.35. The molecule has 0 atom stereocenters. The lowest BCUT2D eigenvalue weighted by molar-refractivity contribution is 0.0697. The van der Waals surface area contributed by atoms with Crippen LogP contribution in [0.3, 0.4) is 0 Å². The maximum atomic E-state index is 11.2. The Morgan fingerprint density at radius 3 is 2.81 bits per heavy atom. The third-order valence-corrected chi connectivity index (χ3v) is 3.42. The lowest BCUT2D eigenvalue weighted by Gasteiger charge is -2.16. The summed E-state index contributed by atoms with van der Waals surface area (Å²) in [7, 11) is 0. The average molecular weight is 287 g/mol. The molecule has 1 aromatic carbocycles. The fraction of sp³-hybridized carbons (Fsp3) is 0.353. The molecule has 0 aromatic heterocycles. The normalized spacial score (nSPS) is 13.8. The Kier molecular flexibility index (Phi) is 4.68. The van der Waals surface area contributed by atoms with Crippen LogP contribution in [0, 0.1) is 6.92 Å². The Hall–Kier alpha value is -2.23. The second-order valence-corrected chi connectivity index (χ2v) is 5.26. The van der Waals surface area contributed by atoms with Crippen LogP contribution in [0.25, 0.3) is 5.76 Å². The molecule has 112 valence electrons. The molecule has 0 fully saturated rings. The van der Waals surface area contributed by atoms with E-state index in [0.29, 0.717) is 6.61 Å². The summed E-state index contributed by atoms with van der Waals surface area (Å²) >= 11 is 0. The third kappa shape index (κ3) is 3.45. The van der Waals surface area contributed by atoms with Crippen LogP contribution in [0.1, 0.15) is 41.3 Å². The zero-order valence-electron chi connectivity index (χ0n) is 12.5. The van der Waals surface area contributed by atoms with E-state index in [1.165, 1.54) is 0 Å². The van der Waals surface area contributed by atoms with Crippen molar-refractivity contribution in [1.82, 2.24) is 0 Å². The highest BCUT2D eigenvalue weighted by Gasteiger charge is 2.19.